The van der Waals surface area contributed by atoms with Crippen LogP contribution in [0.15, 0.2) is 15.5 Å². The van der Waals surface area contributed by atoms with Gasteiger partial charge in [0.15, 0.2) is 0 Å². The second-order valence-electron chi connectivity index (χ2n) is 5.73. The van der Waals surface area contributed by atoms with Crippen molar-refractivity contribution in [3.05, 3.63) is 21.0 Å². The summed E-state index contributed by atoms with van der Waals surface area (Å²) in [5.74, 6) is 0.729. The van der Waals surface area contributed by atoms with E-state index in [4.69, 9.17) is 0 Å². The van der Waals surface area contributed by atoms with Gasteiger partial charge in [0.05, 0.1) is 11.9 Å². The molecule has 0 radical (unpaired) electrons. The van der Waals surface area contributed by atoms with Gasteiger partial charge in [0.25, 0.3) is 5.56 Å². The normalized spacial score (nSPS) is 19.4. The molecular weight excluding hydrogens is 306 g/mol. The highest BCUT2D eigenvalue weighted by Crippen LogP contribution is 2.31. The van der Waals surface area contributed by atoms with Gasteiger partial charge in [-0.05, 0) is 47.5 Å². The van der Waals surface area contributed by atoms with Gasteiger partial charge in [-0.25, -0.2) is 4.68 Å². The number of hydrogen-bond acceptors (Lipinski definition) is 3. The van der Waals surface area contributed by atoms with Gasteiger partial charge >= 0.3 is 0 Å². The van der Waals surface area contributed by atoms with E-state index in [1.54, 1.807) is 13.2 Å². The van der Waals surface area contributed by atoms with E-state index in [0.717, 1.165) is 18.2 Å². The molecule has 19 heavy (non-hydrogen) atoms. The predicted octanol–water partition coefficient (Wildman–Crippen LogP) is 2.95. The molecule has 0 amide bonds. The summed E-state index contributed by atoms with van der Waals surface area (Å²) >= 11 is 3.43. The lowest BCUT2D eigenvalue weighted by Crippen LogP contribution is -2.32. The molecule has 1 aromatic heterocycles. The first-order valence-electron chi connectivity index (χ1n) is 6.99. The number of rotatable bonds is 4. The highest BCUT2D eigenvalue weighted by molar-refractivity contribution is 9.10. The van der Waals surface area contributed by atoms with Crippen LogP contribution in [0.4, 0.5) is 5.69 Å². The maximum Gasteiger partial charge on any atom is 0.282 e. The minimum atomic E-state index is -0.0630. The van der Waals surface area contributed by atoms with Gasteiger partial charge in [0.2, 0.25) is 0 Å². The van der Waals surface area contributed by atoms with Crippen molar-refractivity contribution in [2.24, 2.45) is 13.0 Å². The molecule has 1 aromatic rings. The van der Waals surface area contributed by atoms with Crippen LogP contribution in [0.2, 0.25) is 0 Å². The Morgan fingerprint density at radius 3 is 2.95 bits per heavy atom. The summed E-state index contributed by atoms with van der Waals surface area (Å²) in [7, 11) is 1.68. The molecule has 0 aromatic carbocycles. The first-order valence-corrected chi connectivity index (χ1v) is 7.78. The summed E-state index contributed by atoms with van der Waals surface area (Å²) < 4.78 is 2.01. The SMILES string of the molecule is CC(C)CCC1CCCN1c1cnn(C)c(=O)c1Br. The molecular formula is C14H22BrN3O. The van der Waals surface area contributed by atoms with E-state index < -0.39 is 0 Å². The van der Waals surface area contributed by atoms with Crippen LogP contribution in [0.25, 0.3) is 0 Å². The van der Waals surface area contributed by atoms with Crippen molar-refractivity contribution in [2.75, 3.05) is 11.4 Å². The first-order chi connectivity index (χ1) is 9.00. The summed E-state index contributed by atoms with van der Waals surface area (Å²) in [6, 6.07) is 0.549. The Hall–Kier alpha value is -0.840. The molecule has 1 aliphatic heterocycles. The van der Waals surface area contributed by atoms with Crippen molar-refractivity contribution in [3.8, 4) is 0 Å². The lowest BCUT2D eigenvalue weighted by atomic mass is 10.0. The van der Waals surface area contributed by atoms with Crippen LogP contribution in [0, 0.1) is 5.92 Å². The monoisotopic (exact) mass is 327 g/mol. The Bertz CT molecular complexity index is 498. The van der Waals surface area contributed by atoms with Crippen LogP contribution >= 0.6 is 15.9 Å². The molecule has 0 N–H and O–H groups in total. The molecule has 0 bridgehead atoms. The first kappa shape index (κ1) is 14.6. The molecule has 0 saturated carbocycles. The van der Waals surface area contributed by atoms with Gasteiger partial charge in [-0.1, -0.05) is 13.8 Å². The lowest BCUT2D eigenvalue weighted by Gasteiger charge is -2.27. The fourth-order valence-electron chi connectivity index (χ4n) is 2.68. The molecule has 4 nitrogen and oxygen atoms in total. The van der Waals surface area contributed by atoms with Crippen LogP contribution in [-0.4, -0.2) is 22.4 Å². The van der Waals surface area contributed by atoms with E-state index in [1.165, 1.54) is 30.4 Å². The van der Waals surface area contributed by atoms with Gasteiger partial charge < -0.3 is 4.90 Å². The third-order valence-corrected chi connectivity index (χ3v) is 4.57. The van der Waals surface area contributed by atoms with E-state index in [2.05, 4.69) is 39.8 Å². The summed E-state index contributed by atoms with van der Waals surface area (Å²) in [6.45, 7) is 5.54. The fourth-order valence-corrected chi connectivity index (χ4v) is 3.27. The van der Waals surface area contributed by atoms with Crippen LogP contribution in [0.5, 0.6) is 0 Å². The van der Waals surface area contributed by atoms with Gasteiger partial charge in [-0.2, -0.15) is 5.10 Å². The minimum Gasteiger partial charge on any atom is -0.366 e. The van der Waals surface area contributed by atoms with Crippen LogP contribution in [0.1, 0.15) is 39.5 Å². The quantitative estimate of drug-likeness (QED) is 0.853. The minimum absolute atomic E-state index is 0.0630. The smallest absolute Gasteiger partial charge is 0.282 e. The third kappa shape index (κ3) is 3.19. The average Bonchev–Trinajstić information content (AvgIpc) is 2.82. The largest absolute Gasteiger partial charge is 0.366 e. The van der Waals surface area contributed by atoms with Crippen molar-refractivity contribution in [1.29, 1.82) is 0 Å². The van der Waals surface area contributed by atoms with Crippen LogP contribution < -0.4 is 10.5 Å². The van der Waals surface area contributed by atoms with Crippen LogP contribution in [0.3, 0.4) is 0 Å². The second kappa shape index (κ2) is 6.07. The topological polar surface area (TPSA) is 38.1 Å². The Morgan fingerprint density at radius 2 is 2.26 bits per heavy atom. The number of aromatic nitrogens is 2. The fraction of sp³-hybridized carbons (Fsp3) is 0.714. The predicted molar refractivity (Wildman–Crippen MR) is 81.6 cm³/mol. The van der Waals surface area contributed by atoms with E-state index in [9.17, 15) is 4.79 Å². The Morgan fingerprint density at radius 1 is 1.53 bits per heavy atom. The summed E-state index contributed by atoms with van der Waals surface area (Å²) in [6.07, 6.45) is 6.65. The molecule has 106 valence electrons. The van der Waals surface area contributed by atoms with Gasteiger partial charge in [0, 0.05) is 19.6 Å². The highest BCUT2D eigenvalue weighted by atomic mass is 79.9. The van der Waals surface area contributed by atoms with Gasteiger partial charge in [0.1, 0.15) is 4.47 Å². The number of anilines is 1. The molecule has 0 spiro atoms. The number of hydrogen-bond donors (Lipinski definition) is 0. The van der Waals surface area contributed by atoms with Crippen LogP contribution in [-0.2, 0) is 7.05 Å². The summed E-state index contributed by atoms with van der Waals surface area (Å²) in [5, 5.41) is 4.15. The van der Waals surface area contributed by atoms with Crippen molar-refractivity contribution in [3.63, 3.8) is 0 Å². The molecule has 0 aliphatic carbocycles. The van der Waals surface area contributed by atoms with Gasteiger partial charge in [-0.3, -0.25) is 4.79 Å². The molecule has 1 fully saturated rings. The van der Waals surface area contributed by atoms with E-state index in [0.29, 0.717) is 10.5 Å². The zero-order valence-electron chi connectivity index (χ0n) is 11.9. The number of nitrogens with zero attached hydrogens (tertiary/aromatic N) is 3. The zero-order chi connectivity index (χ0) is 14.0. The maximum atomic E-state index is 11.9. The maximum absolute atomic E-state index is 11.9. The summed E-state index contributed by atoms with van der Waals surface area (Å²) in [4.78, 5) is 14.3. The van der Waals surface area contributed by atoms with Crippen molar-refractivity contribution in [1.82, 2.24) is 9.78 Å². The molecule has 5 heteroatoms. The molecule has 1 aliphatic rings. The molecule has 1 saturated heterocycles. The molecule has 1 atom stereocenters. The van der Waals surface area contributed by atoms with Crippen molar-refractivity contribution >= 4 is 21.6 Å². The van der Waals surface area contributed by atoms with E-state index >= 15 is 0 Å². The molecule has 2 rings (SSSR count). The Balaban J connectivity index is 2.20. The van der Waals surface area contributed by atoms with Gasteiger partial charge in [-0.15, -0.1) is 0 Å². The second-order valence-corrected chi connectivity index (χ2v) is 6.53. The Kier molecular flexibility index (Phi) is 4.66. The highest BCUT2D eigenvalue weighted by Gasteiger charge is 2.27. The van der Waals surface area contributed by atoms with Crippen molar-refractivity contribution in [2.45, 2.75) is 45.6 Å². The third-order valence-electron chi connectivity index (χ3n) is 3.82. The van der Waals surface area contributed by atoms with E-state index in [1.807, 2.05) is 0 Å². The molecule has 2 heterocycles. The average molecular weight is 328 g/mol. The lowest BCUT2D eigenvalue weighted by molar-refractivity contribution is 0.494. The standard InChI is InChI=1S/C14H22BrN3O/c1-10(2)6-7-11-5-4-8-18(11)12-9-16-17(3)14(19)13(12)15/h9-11H,4-8H2,1-3H3. The zero-order valence-corrected chi connectivity index (χ0v) is 13.5. The summed E-state index contributed by atoms with van der Waals surface area (Å²) in [5.41, 5.74) is 0.890. The number of halogens is 1. The molecule has 1 unspecified atom stereocenters. The number of aryl methyl sites for hydroxylation is 1. The van der Waals surface area contributed by atoms with Crippen molar-refractivity contribution < 1.29 is 0 Å². The Labute approximate surface area is 122 Å². The van der Waals surface area contributed by atoms with E-state index in [-0.39, 0.29) is 5.56 Å².